The molecule has 1 fully saturated rings. The van der Waals surface area contributed by atoms with E-state index in [1.165, 1.54) is 28.4 Å². The summed E-state index contributed by atoms with van der Waals surface area (Å²) in [6.07, 6.45) is -0.624. The average Bonchev–Trinajstić information content (AvgIpc) is 3.22. The molecule has 1 aliphatic rings. The molecule has 2 N–H and O–H groups in total. The van der Waals surface area contributed by atoms with Crippen LogP contribution < -0.4 is 10.0 Å². The standard InChI is InChI=1S/C26H25F5N6S/c1-14-21(27)18(11-20(22(14)28)26(29,30)31)23-19-12-33-25(34-24(19)36(2)35-23)37-9-3-4-16(13-37)10-15-5-7-17(38-32)8-6-15/h5-8,11-12,16H,3-4,9-10,13,32H2,1-2H3. The molecule has 0 aliphatic carbocycles. The molecule has 1 unspecified atom stereocenters. The van der Waals surface area contributed by atoms with Crippen LogP contribution in [0.1, 0.15) is 29.5 Å². The minimum atomic E-state index is -4.98. The molecule has 6 nitrogen and oxygen atoms in total. The highest BCUT2D eigenvalue weighted by Crippen LogP contribution is 2.39. The first-order valence-electron chi connectivity index (χ1n) is 12.0. The fraction of sp³-hybridized carbons (Fsp3) is 0.346. The van der Waals surface area contributed by atoms with Crippen LogP contribution in [-0.2, 0) is 19.6 Å². The quantitative estimate of drug-likeness (QED) is 0.242. The maximum absolute atomic E-state index is 15.0. The van der Waals surface area contributed by atoms with E-state index in [4.69, 9.17) is 5.14 Å². The molecular formula is C26H25F5N6S. The topological polar surface area (TPSA) is 72.9 Å². The van der Waals surface area contributed by atoms with Crippen LogP contribution in [0, 0.1) is 24.5 Å². The van der Waals surface area contributed by atoms with Crippen molar-refractivity contribution in [2.45, 2.75) is 37.3 Å². The molecule has 1 saturated heterocycles. The number of alkyl halides is 3. The third-order valence-corrected chi connectivity index (χ3v) is 7.48. The number of hydrogen-bond donors (Lipinski definition) is 1. The van der Waals surface area contributed by atoms with Gasteiger partial charge in [0, 0.05) is 42.4 Å². The molecule has 38 heavy (non-hydrogen) atoms. The van der Waals surface area contributed by atoms with E-state index < -0.39 is 34.5 Å². The zero-order valence-corrected chi connectivity index (χ0v) is 21.5. The monoisotopic (exact) mass is 548 g/mol. The highest BCUT2D eigenvalue weighted by atomic mass is 32.2. The van der Waals surface area contributed by atoms with Gasteiger partial charge >= 0.3 is 6.18 Å². The van der Waals surface area contributed by atoms with E-state index in [1.54, 1.807) is 7.05 Å². The van der Waals surface area contributed by atoms with E-state index in [0.29, 0.717) is 23.6 Å². The second kappa shape index (κ2) is 10.1. The smallest absolute Gasteiger partial charge is 0.340 e. The van der Waals surface area contributed by atoms with Crippen LogP contribution in [0.3, 0.4) is 0 Å². The van der Waals surface area contributed by atoms with Crippen molar-refractivity contribution in [1.29, 1.82) is 0 Å². The Balaban J connectivity index is 1.45. The van der Waals surface area contributed by atoms with Crippen molar-refractivity contribution in [2.75, 3.05) is 18.0 Å². The second-order valence-corrected chi connectivity index (χ2v) is 10.2. The van der Waals surface area contributed by atoms with Crippen molar-refractivity contribution >= 4 is 28.9 Å². The van der Waals surface area contributed by atoms with E-state index in [0.717, 1.165) is 44.2 Å². The van der Waals surface area contributed by atoms with Crippen molar-refractivity contribution in [3.8, 4) is 11.3 Å². The summed E-state index contributed by atoms with van der Waals surface area (Å²) < 4.78 is 70.8. The van der Waals surface area contributed by atoms with E-state index in [-0.39, 0.29) is 11.1 Å². The molecule has 5 rings (SSSR count). The number of fused-ring (bicyclic) bond motifs is 1. The van der Waals surface area contributed by atoms with Crippen LogP contribution >= 0.6 is 11.9 Å². The van der Waals surface area contributed by atoms with Gasteiger partial charge in [-0.1, -0.05) is 12.1 Å². The highest BCUT2D eigenvalue weighted by Gasteiger charge is 2.37. The number of nitrogens with two attached hydrogens (primary N) is 1. The van der Waals surface area contributed by atoms with Crippen molar-refractivity contribution in [3.63, 3.8) is 0 Å². The maximum atomic E-state index is 15.0. The summed E-state index contributed by atoms with van der Waals surface area (Å²) in [5.74, 6) is -1.88. The fourth-order valence-electron chi connectivity index (χ4n) is 4.98. The molecule has 0 bridgehead atoms. The summed E-state index contributed by atoms with van der Waals surface area (Å²) in [4.78, 5) is 12.2. The first-order valence-corrected chi connectivity index (χ1v) is 12.9. The predicted molar refractivity (Wildman–Crippen MR) is 137 cm³/mol. The Hall–Kier alpha value is -3.25. The predicted octanol–water partition coefficient (Wildman–Crippen LogP) is 6.06. The molecule has 2 aromatic carbocycles. The fourth-order valence-corrected chi connectivity index (χ4v) is 5.27. The number of anilines is 1. The highest BCUT2D eigenvalue weighted by molar-refractivity contribution is 7.97. The van der Waals surface area contributed by atoms with Gasteiger partial charge in [0.15, 0.2) is 5.65 Å². The van der Waals surface area contributed by atoms with Gasteiger partial charge in [0.2, 0.25) is 5.95 Å². The summed E-state index contributed by atoms with van der Waals surface area (Å²) in [5, 5.41) is 10.1. The Labute approximate surface area is 220 Å². The van der Waals surface area contributed by atoms with E-state index in [9.17, 15) is 22.0 Å². The largest absolute Gasteiger partial charge is 0.419 e. The number of aromatic nitrogens is 4. The van der Waals surface area contributed by atoms with Crippen LogP contribution in [0.4, 0.5) is 27.9 Å². The third-order valence-electron chi connectivity index (χ3n) is 6.93. The molecule has 0 spiro atoms. The van der Waals surface area contributed by atoms with Gasteiger partial charge in [0.1, 0.15) is 17.3 Å². The SMILES string of the molecule is Cc1c(F)c(-c2nn(C)c3nc(N4CCCC(Cc5ccc(SN)cc5)C4)ncc23)cc(C(F)(F)F)c1F. The van der Waals surface area contributed by atoms with E-state index in [2.05, 4.69) is 32.1 Å². The third kappa shape index (κ3) is 4.94. The molecule has 0 radical (unpaired) electrons. The lowest BCUT2D eigenvalue weighted by molar-refractivity contribution is -0.140. The van der Waals surface area contributed by atoms with Crippen molar-refractivity contribution in [2.24, 2.45) is 18.1 Å². The summed E-state index contributed by atoms with van der Waals surface area (Å²) in [5.41, 5.74) is -1.22. The Morgan fingerprint density at radius 2 is 1.87 bits per heavy atom. The van der Waals surface area contributed by atoms with Gasteiger partial charge in [-0.25, -0.2) is 18.4 Å². The first-order chi connectivity index (χ1) is 18.1. The molecule has 1 aliphatic heterocycles. The Kier molecular flexibility index (Phi) is 7.03. The molecule has 2 aromatic heterocycles. The summed E-state index contributed by atoms with van der Waals surface area (Å²) in [6.45, 7) is 2.47. The Morgan fingerprint density at radius 3 is 2.55 bits per heavy atom. The minimum absolute atomic E-state index is 0.0734. The number of nitrogens with zero attached hydrogens (tertiary/aromatic N) is 5. The molecule has 12 heteroatoms. The van der Waals surface area contributed by atoms with Crippen LogP contribution in [0.25, 0.3) is 22.3 Å². The van der Waals surface area contributed by atoms with Gasteiger partial charge in [-0.15, -0.1) is 0 Å². The van der Waals surface area contributed by atoms with Crippen LogP contribution in [0.5, 0.6) is 0 Å². The molecule has 0 saturated carbocycles. The van der Waals surface area contributed by atoms with E-state index >= 15 is 0 Å². The first kappa shape index (κ1) is 26.4. The van der Waals surface area contributed by atoms with Crippen molar-refractivity contribution in [1.82, 2.24) is 19.7 Å². The lowest BCUT2D eigenvalue weighted by Gasteiger charge is -2.32. The number of aryl methyl sites for hydroxylation is 1. The molecule has 0 amide bonds. The van der Waals surface area contributed by atoms with Crippen LogP contribution in [-0.4, -0.2) is 32.8 Å². The second-order valence-electron chi connectivity index (χ2n) is 9.52. The van der Waals surface area contributed by atoms with Crippen molar-refractivity contribution in [3.05, 3.63) is 64.9 Å². The van der Waals surface area contributed by atoms with Crippen molar-refractivity contribution < 1.29 is 22.0 Å². The average molecular weight is 549 g/mol. The number of benzene rings is 2. The van der Waals surface area contributed by atoms with Gasteiger partial charge in [0.05, 0.1) is 10.9 Å². The number of piperidine rings is 1. The molecule has 3 heterocycles. The van der Waals surface area contributed by atoms with Crippen LogP contribution in [0.2, 0.25) is 0 Å². The normalized spacial score (nSPS) is 16.4. The number of hydrogen-bond acceptors (Lipinski definition) is 6. The number of rotatable bonds is 5. The summed E-state index contributed by atoms with van der Waals surface area (Å²) >= 11 is 1.21. The maximum Gasteiger partial charge on any atom is 0.419 e. The van der Waals surface area contributed by atoms with Gasteiger partial charge in [0.25, 0.3) is 0 Å². The Bertz CT molecular complexity index is 1480. The van der Waals surface area contributed by atoms with E-state index in [1.807, 2.05) is 12.1 Å². The molecule has 200 valence electrons. The zero-order chi connectivity index (χ0) is 27.2. The van der Waals surface area contributed by atoms with Gasteiger partial charge < -0.3 is 4.90 Å². The van der Waals surface area contributed by atoms with Gasteiger partial charge in [-0.05, 0) is 67.8 Å². The molecule has 4 aromatic rings. The van der Waals surface area contributed by atoms with Gasteiger partial charge in [-0.2, -0.15) is 23.3 Å². The number of halogens is 5. The lowest BCUT2D eigenvalue weighted by Crippen LogP contribution is -2.37. The van der Waals surface area contributed by atoms with Gasteiger partial charge in [-0.3, -0.25) is 5.14 Å². The molecule has 1 atom stereocenters. The summed E-state index contributed by atoms with van der Waals surface area (Å²) in [7, 11) is 1.57. The lowest BCUT2D eigenvalue weighted by atomic mass is 9.91. The minimum Gasteiger partial charge on any atom is -0.340 e. The molecular weight excluding hydrogens is 523 g/mol. The summed E-state index contributed by atoms with van der Waals surface area (Å²) in [6, 6.07) is 8.62. The Morgan fingerprint density at radius 1 is 1.13 bits per heavy atom. The van der Waals surface area contributed by atoms with Crippen LogP contribution in [0.15, 0.2) is 41.4 Å². The zero-order valence-electron chi connectivity index (χ0n) is 20.7.